The van der Waals surface area contributed by atoms with Gasteiger partial charge in [0.25, 0.3) is 0 Å². The van der Waals surface area contributed by atoms with E-state index in [0.29, 0.717) is 18.3 Å². The van der Waals surface area contributed by atoms with E-state index in [2.05, 4.69) is 51.1 Å². The molecule has 0 saturated heterocycles. The van der Waals surface area contributed by atoms with E-state index in [9.17, 15) is 9.59 Å². The lowest BCUT2D eigenvalue weighted by Gasteiger charge is -2.51. The van der Waals surface area contributed by atoms with Crippen LogP contribution in [0.2, 0.25) is 0 Å². The summed E-state index contributed by atoms with van der Waals surface area (Å²) in [5, 5.41) is 0. The lowest BCUT2D eigenvalue weighted by Crippen LogP contribution is -2.55. The maximum absolute atomic E-state index is 13.3. The second kappa shape index (κ2) is 7.31. The second-order valence-electron chi connectivity index (χ2n) is 10.1. The summed E-state index contributed by atoms with van der Waals surface area (Å²) < 4.78 is 6.30. The highest BCUT2D eigenvalue weighted by molar-refractivity contribution is 5.92. The van der Waals surface area contributed by atoms with Gasteiger partial charge in [-0.2, -0.15) is 0 Å². The first-order valence-electron chi connectivity index (χ1n) is 11.1. The largest absolute Gasteiger partial charge is 0.462 e. The highest BCUT2D eigenvalue weighted by Crippen LogP contribution is 2.55. The van der Waals surface area contributed by atoms with Gasteiger partial charge in [-0.25, -0.2) is 0 Å². The molecular weight excluding hydrogens is 348 g/mol. The third-order valence-electron chi connectivity index (χ3n) is 8.14. The van der Waals surface area contributed by atoms with E-state index in [1.54, 1.807) is 0 Å². The molecule has 1 aromatic carbocycles. The van der Waals surface area contributed by atoms with Crippen LogP contribution in [0.5, 0.6) is 0 Å². The molecular formula is C25H34O3. The minimum atomic E-state index is -0.503. The van der Waals surface area contributed by atoms with Crippen molar-refractivity contribution < 1.29 is 14.3 Å². The number of carbonyl (C=O) groups is 2. The van der Waals surface area contributed by atoms with Crippen LogP contribution in [0.15, 0.2) is 30.3 Å². The zero-order valence-electron chi connectivity index (χ0n) is 17.6. The third kappa shape index (κ3) is 3.21. The van der Waals surface area contributed by atoms with Crippen LogP contribution in [-0.2, 0) is 19.7 Å². The van der Waals surface area contributed by atoms with Crippen molar-refractivity contribution in [2.24, 2.45) is 23.2 Å². The average Bonchev–Trinajstić information content (AvgIpc) is 2.64. The van der Waals surface area contributed by atoms with Crippen LogP contribution in [0.4, 0.5) is 0 Å². The van der Waals surface area contributed by atoms with Gasteiger partial charge < -0.3 is 4.74 Å². The zero-order valence-corrected chi connectivity index (χ0v) is 17.6. The van der Waals surface area contributed by atoms with Crippen molar-refractivity contribution >= 4 is 11.8 Å². The lowest BCUT2D eigenvalue weighted by molar-refractivity contribution is -0.187. The van der Waals surface area contributed by atoms with Crippen molar-refractivity contribution in [2.75, 3.05) is 0 Å². The van der Waals surface area contributed by atoms with Gasteiger partial charge in [0.15, 0.2) is 0 Å². The highest BCUT2D eigenvalue weighted by atomic mass is 16.5. The van der Waals surface area contributed by atoms with Crippen LogP contribution in [0, 0.1) is 23.2 Å². The number of ketones is 1. The molecule has 0 heterocycles. The summed E-state index contributed by atoms with van der Waals surface area (Å²) in [4.78, 5) is 25.6. The summed E-state index contributed by atoms with van der Waals surface area (Å²) in [5.41, 5.74) is 0.756. The number of rotatable bonds is 4. The van der Waals surface area contributed by atoms with Crippen LogP contribution in [0.1, 0.15) is 77.7 Å². The Bertz CT molecular complexity index is 737. The maximum atomic E-state index is 13.3. The number of esters is 1. The number of carbonyl (C=O) groups excluding carboxylic acids is 2. The highest BCUT2D eigenvalue weighted by Gasteiger charge is 2.58. The van der Waals surface area contributed by atoms with Crippen molar-refractivity contribution in [2.45, 2.75) is 83.7 Å². The van der Waals surface area contributed by atoms with Crippen molar-refractivity contribution in [3.05, 3.63) is 35.9 Å². The topological polar surface area (TPSA) is 43.4 Å². The smallest absolute Gasteiger partial charge is 0.313 e. The lowest BCUT2D eigenvalue weighted by atomic mass is 9.53. The molecule has 4 rings (SSSR count). The summed E-state index contributed by atoms with van der Waals surface area (Å²) in [5.74, 6) is 1.01. The van der Waals surface area contributed by atoms with Crippen molar-refractivity contribution in [1.29, 1.82) is 0 Å². The molecule has 0 N–H and O–H groups in total. The summed E-state index contributed by atoms with van der Waals surface area (Å²) >= 11 is 0. The number of fused-ring (bicyclic) bond motifs is 1. The summed E-state index contributed by atoms with van der Waals surface area (Å²) in [6, 6.07) is 10.6. The van der Waals surface area contributed by atoms with Gasteiger partial charge in [0.2, 0.25) is 0 Å². The molecule has 0 bridgehead atoms. The maximum Gasteiger partial charge on any atom is 0.313 e. The first-order valence-corrected chi connectivity index (χ1v) is 11.1. The monoisotopic (exact) mass is 382 g/mol. The Morgan fingerprint density at radius 2 is 1.86 bits per heavy atom. The third-order valence-corrected chi connectivity index (χ3v) is 8.14. The predicted molar refractivity (Wildman–Crippen MR) is 110 cm³/mol. The molecule has 0 unspecified atom stereocenters. The molecule has 3 saturated carbocycles. The normalized spacial score (nSPS) is 35.6. The molecule has 3 nitrogen and oxygen atoms in total. The van der Waals surface area contributed by atoms with E-state index in [1.807, 2.05) is 0 Å². The van der Waals surface area contributed by atoms with E-state index in [-0.39, 0.29) is 29.2 Å². The SMILES string of the molecule is C[C@@H]1CC[C@@H](C(C)(C)c2ccccc2)[C@H](OC(=O)[C@@]23CCCC(=O)[C@@H]2CC3)C1. The molecule has 28 heavy (non-hydrogen) atoms. The van der Waals surface area contributed by atoms with Gasteiger partial charge in [0, 0.05) is 18.3 Å². The summed E-state index contributed by atoms with van der Waals surface area (Å²) in [6.07, 6.45) is 7.15. The Kier molecular flexibility index (Phi) is 5.14. The molecule has 0 aliphatic heterocycles. The second-order valence-corrected chi connectivity index (χ2v) is 10.1. The standard InChI is InChI=1S/C25H34O3/c1-17-11-12-20(24(2,3)18-8-5-4-6-9-18)22(16-17)28-23(27)25-14-7-10-21(26)19(25)13-15-25/h4-6,8-9,17,19-20,22H,7,10-16H2,1-3H3/t17-,19+,20-,22-,25-/m1/s1. The first kappa shape index (κ1) is 19.7. The van der Waals surface area contributed by atoms with Crippen molar-refractivity contribution in [1.82, 2.24) is 0 Å². The van der Waals surface area contributed by atoms with Crippen molar-refractivity contribution in [3.8, 4) is 0 Å². The van der Waals surface area contributed by atoms with E-state index in [1.165, 1.54) is 12.0 Å². The van der Waals surface area contributed by atoms with Gasteiger partial charge in [-0.3, -0.25) is 9.59 Å². The predicted octanol–water partition coefficient (Wildman–Crippen LogP) is 5.46. The van der Waals surface area contributed by atoms with Crippen LogP contribution < -0.4 is 0 Å². The van der Waals surface area contributed by atoms with Crippen LogP contribution in [0.25, 0.3) is 0 Å². The minimum Gasteiger partial charge on any atom is -0.462 e. The van der Waals surface area contributed by atoms with E-state index in [0.717, 1.165) is 38.5 Å². The Morgan fingerprint density at radius 1 is 1.11 bits per heavy atom. The molecule has 0 aromatic heterocycles. The number of ether oxygens (including phenoxy) is 1. The Hall–Kier alpha value is -1.64. The molecule has 152 valence electrons. The minimum absolute atomic E-state index is 0.0502. The molecule has 3 aliphatic carbocycles. The molecule has 0 spiro atoms. The Morgan fingerprint density at radius 3 is 2.54 bits per heavy atom. The number of Topliss-reactive ketones (excluding diaryl/α,β-unsaturated/α-hetero) is 1. The van der Waals surface area contributed by atoms with Gasteiger partial charge in [-0.05, 0) is 55.4 Å². The Balaban J connectivity index is 1.56. The summed E-state index contributed by atoms with van der Waals surface area (Å²) in [7, 11) is 0. The summed E-state index contributed by atoms with van der Waals surface area (Å²) in [6.45, 7) is 6.85. The van der Waals surface area contributed by atoms with Crippen LogP contribution in [-0.4, -0.2) is 17.9 Å². The number of hydrogen-bond donors (Lipinski definition) is 0. The molecule has 3 fully saturated rings. The fraction of sp³-hybridized carbons (Fsp3) is 0.680. The van der Waals surface area contributed by atoms with E-state index < -0.39 is 5.41 Å². The zero-order chi connectivity index (χ0) is 19.9. The van der Waals surface area contributed by atoms with Gasteiger partial charge in [0.05, 0.1) is 5.41 Å². The van der Waals surface area contributed by atoms with Crippen LogP contribution >= 0.6 is 0 Å². The molecule has 1 aromatic rings. The fourth-order valence-corrected chi connectivity index (χ4v) is 6.13. The molecule has 0 radical (unpaired) electrons. The van der Waals surface area contributed by atoms with Crippen molar-refractivity contribution in [3.63, 3.8) is 0 Å². The number of benzene rings is 1. The van der Waals surface area contributed by atoms with Gasteiger partial charge in [-0.15, -0.1) is 0 Å². The Labute approximate surface area is 169 Å². The quantitative estimate of drug-likeness (QED) is 0.649. The molecule has 5 atom stereocenters. The average molecular weight is 383 g/mol. The van der Waals surface area contributed by atoms with E-state index in [4.69, 9.17) is 4.74 Å². The molecule has 3 aliphatic rings. The number of hydrogen-bond acceptors (Lipinski definition) is 3. The van der Waals surface area contributed by atoms with Crippen LogP contribution in [0.3, 0.4) is 0 Å². The fourth-order valence-electron chi connectivity index (χ4n) is 6.13. The van der Waals surface area contributed by atoms with Gasteiger partial charge >= 0.3 is 5.97 Å². The van der Waals surface area contributed by atoms with Gasteiger partial charge in [-0.1, -0.05) is 57.5 Å². The molecule has 3 heteroatoms. The molecule has 0 amide bonds. The van der Waals surface area contributed by atoms with E-state index >= 15 is 0 Å². The van der Waals surface area contributed by atoms with Gasteiger partial charge in [0.1, 0.15) is 11.9 Å². The first-order chi connectivity index (χ1) is 13.3.